The van der Waals surface area contributed by atoms with E-state index in [1.165, 1.54) is 18.5 Å². The Labute approximate surface area is 167 Å². The molecule has 0 fully saturated rings. The van der Waals surface area contributed by atoms with Crippen molar-refractivity contribution in [2.45, 2.75) is 20.4 Å². The van der Waals surface area contributed by atoms with Crippen molar-refractivity contribution in [1.82, 2.24) is 19.9 Å². The molecule has 0 aliphatic heterocycles. The van der Waals surface area contributed by atoms with Gasteiger partial charge in [-0.15, -0.1) is 0 Å². The van der Waals surface area contributed by atoms with Gasteiger partial charge in [-0.25, -0.2) is 14.4 Å². The van der Waals surface area contributed by atoms with Crippen molar-refractivity contribution >= 4 is 28.4 Å². The summed E-state index contributed by atoms with van der Waals surface area (Å²) in [5.41, 5.74) is 6.96. The number of amides is 1. The van der Waals surface area contributed by atoms with Gasteiger partial charge in [-0.05, 0) is 32.0 Å². The average molecular weight is 393 g/mol. The van der Waals surface area contributed by atoms with E-state index >= 15 is 0 Å². The first kappa shape index (κ1) is 19.9. The number of hydrogen-bond donors (Lipinski definition) is 2. The number of carbonyl (C=O) groups is 1. The number of carbonyl (C=O) groups excluding carboxylic acids is 1. The van der Waals surface area contributed by atoms with Crippen molar-refractivity contribution in [3.05, 3.63) is 53.2 Å². The van der Waals surface area contributed by atoms with Crippen LogP contribution in [-0.4, -0.2) is 38.8 Å². The third-order valence-corrected chi connectivity index (χ3v) is 4.58. The minimum Gasteiger partial charge on any atom is -0.382 e. The normalized spacial score (nSPS) is 10.6. The van der Waals surface area contributed by atoms with Crippen LogP contribution in [0, 0.1) is 17.1 Å². The lowest BCUT2D eigenvalue weighted by Crippen LogP contribution is -2.31. The molecule has 0 bridgehead atoms. The smallest absolute Gasteiger partial charge is 0.255 e. The number of halogens is 1. The van der Waals surface area contributed by atoms with E-state index in [1.54, 1.807) is 17.0 Å². The third-order valence-electron chi connectivity index (χ3n) is 4.58. The van der Waals surface area contributed by atoms with Gasteiger partial charge in [0.2, 0.25) is 0 Å². The Morgan fingerprint density at radius 1 is 1.31 bits per heavy atom. The number of nitrogen functional groups attached to an aromatic ring is 1. The van der Waals surface area contributed by atoms with Crippen LogP contribution < -0.4 is 11.1 Å². The minimum absolute atomic E-state index is 0.0537. The maximum Gasteiger partial charge on any atom is 0.255 e. The highest BCUT2D eigenvalue weighted by Gasteiger charge is 2.20. The molecular formula is C20H20FN7O. The predicted molar refractivity (Wildman–Crippen MR) is 107 cm³/mol. The van der Waals surface area contributed by atoms with E-state index in [9.17, 15) is 14.4 Å². The fourth-order valence-electron chi connectivity index (χ4n) is 3.01. The minimum atomic E-state index is -0.446. The Morgan fingerprint density at radius 2 is 2.07 bits per heavy atom. The van der Waals surface area contributed by atoms with E-state index in [4.69, 9.17) is 5.73 Å². The molecule has 0 atom stereocenters. The number of fused-ring (bicyclic) bond motifs is 1. The van der Waals surface area contributed by atoms with Crippen LogP contribution in [0.15, 0.2) is 30.6 Å². The molecule has 1 amide bonds. The standard InChI is InChI=1S/C20H20FN7O/c1-3-28(4-2)20(29)13-8-12-15(21)6-5-7-16(12)27-17(13)10-24-19-14(9-22)18(23)25-11-26-19/h5-8,11H,3-4,10H2,1-2H3,(H3,23,24,25,26). The zero-order valence-electron chi connectivity index (χ0n) is 16.1. The topological polar surface area (TPSA) is 121 Å². The molecule has 3 aromatic rings. The Hall–Kier alpha value is -3.80. The molecule has 0 aliphatic carbocycles. The first-order valence-electron chi connectivity index (χ1n) is 9.11. The Bertz CT molecular complexity index is 1110. The lowest BCUT2D eigenvalue weighted by Gasteiger charge is -2.21. The second-order valence-electron chi connectivity index (χ2n) is 6.21. The summed E-state index contributed by atoms with van der Waals surface area (Å²) in [5, 5.41) is 12.5. The molecule has 9 heteroatoms. The molecule has 148 valence electrons. The van der Waals surface area contributed by atoms with Crippen molar-refractivity contribution in [3.63, 3.8) is 0 Å². The summed E-state index contributed by atoms with van der Waals surface area (Å²) in [4.78, 5) is 27.0. The van der Waals surface area contributed by atoms with E-state index in [1.807, 2.05) is 19.9 Å². The highest BCUT2D eigenvalue weighted by atomic mass is 19.1. The van der Waals surface area contributed by atoms with Crippen molar-refractivity contribution < 1.29 is 9.18 Å². The van der Waals surface area contributed by atoms with Gasteiger partial charge in [0.05, 0.1) is 23.3 Å². The van der Waals surface area contributed by atoms with Gasteiger partial charge in [0, 0.05) is 18.5 Å². The summed E-state index contributed by atoms with van der Waals surface area (Å²) in [7, 11) is 0. The van der Waals surface area contributed by atoms with Gasteiger partial charge >= 0.3 is 0 Å². The molecule has 0 radical (unpaired) electrons. The van der Waals surface area contributed by atoms with E-state index in [2.05, 4.69) is 20.3 Å². The summed E-state index contributed by atoms with van der Waals surface area (Å²) in [6.45, 7) is 4.87. The van der Waals surface area contributed by atoms with Crippen LogP contribution >= 0.6 is 0 Å². The molecule has 0 aliphatic rings. The van der Waals surface area contributed by atoms with Crippen LogP contribution in [0.3, 0.4) is 0 Å². The molecule has 0 unspecified atom stereocenters. The Kier molecular flexibility index (Phi) is 5.83. The van der Waals surface area contributed by atoms with Gasteiger partial charge in [0.15, 0.2) is 0 Å². The number of nitriles is 1. The van der Waals surface area contributed by atoms with E-state index in [-0.39, 0.29) is 35.0 Å². The highest BCUT2D eigenvalue weighted by molar-refractivity contribution is 5.99. The van der Waals surface area contributed by atoms with Crippen LogP contribution in [0.5, 0.6) is 0 Å². The van der Waals surface area contributed by atoms with Crippen molar-refractivity contribution in [2.24, 2.45) is 0 Å². The van der Waals surface area contributed by atoms with E-state index in [0.717, 1.165) is 0 Å². The number of nitrogens with one attached hydrogen (secondary N) is 1. The number of anilines is 2. The van der Waals surface area contributed by atoms with Crippen molar-refractivity contribution in [1.29, 1.82) is 5.26 Å². The van der Waals surface area contributed by atoms with Gasteiger partial charge in [-0.3, -0.25) is 9.78 Å². The Morgan fingerprint density at radius 3 is 2.76 bits per heavy atom. The number of hydrogen-bond acceptors (Lipinski definition) is 7. The molecular weight excluding hydrogens is 373 g/mol. The molecule has 2 heterocycles. The molecule has 3 N–H and O–H groups in total. The largest absolute Gasteiger partial charge is 0.382 e. The first-order valence-corrected chi connectivity index (χ1v) is 9.11. The van der Waals surface area contributed by atoms with Gasteiger partial charge < -0.3 is 16.0 Å². The van der Waals surface area contributed by atoms with Crippen LogP contribution in [0.25, 0.3) is 10.9 Å². The maximum atomic E-state index is 14.3. The number of nitrogens with two attached hydrogens (primary N) is 1. The quantitative estimate of drug-likeness (QED) is 0.660. The molecule has 1 aromatic carbocycles. The van der Waals surface area contributed by atoms with Crippen molar-refractivity contribution in [3.8, 4) is 6.07 Å². The van der Waals surface area contributed by atoms with Crippen molar-refractivity contribution in [2.75, 3.05) is 24.1 Å². The number of rotatable bonds is 6. The number of nitrogens with zero attached hydrogens (tertiary/aromatic N) is 5. The molecule has 8 nitrogen and oxygen atoms in total. The lowest BCUT2D eigenvalue weighted by molar-refractivity contribution is 0.0771. The summed E-state index contributed by atoms with van der Waals surface area (Å²) >= 11 is 0. The van der Waals surface area contributed by atoms with Crippen LogP contribution in [0.1, 0.15) is 35.5 Å². The second-order valence-corrected chi connectivity index (χ2v) is 6.21. The third kappa shape index (κ3) is 3.91. The van der Waals surface area contributed by atoms with Crippen LogP contribution in [-0.2, 0) is 6.54 Å². The van der Waals surface area contributed by atoms with E-state index in [0.29, 0.717) is 29.9 Å². The zero-order valence-corrected chi connectivity index (χ0v) is 16.1. The summed E-state index contributed by atoms with van der Waals surface area (Å²) in [6.07, 6.45) is 1.24. The van der Waals surface area contributed by atoms with Crippen LogP contribution in [0.2, 0.25) is 0 Å². The maximum absolute atomic E-state index is 14.3. The fourth-order valence-corrected chi connectivity index (χ4v) is 3.01. The predicted octanol–water partition coefficient (Wildman–Crippen LogP) is 2.71. The van der Waals surface area contributed by atoms with E-state index < -0.39 is 5.82 Å². The molecule has 29 heavy (non-hydrogen) atoms. The molecule has 0 saturated heterocycles. The zero-order chi connectivity index (χ0) is 21.0. The number of pyridine rings is 1. The SMILES string of the molecule is CCN(CC)C(=O)c1cc2c(F)cccc2nc1CNc1ncnc(N)c1C#N. The molecule has 2 aromatic heterocycles. The van der Waals surface area contributed by atoms with Gasteiger partial charge in [-0.1, -0.05) is 6.07 Å². The molecule has 0 spiro atoms. The average Bonchev–Trinajstić information content (AvgIpc) is 2.72. The highest BCUT2D eigenvalue weighted by Crippen LogP contribution is 2.23. The fraction of sp³-hybridized carbons (Fsp3) is 0.250. The summed E-state index contributed by atoms with van der Waals surface area (Å²) in [5.74, 6) is -0.397. The summed E-state index contributed by atoms with van der Waals surface area (Å²) < 4.78 is 14.3. The lowest BCUT2D eigenvalue weighted by atomic mass is 10.1. The second kappa shape index (κ2) is 8.48. The summed E-state index contributed by atoms with van der Waals surface area (Å²) in [6, 6.07) is 8.05. The molecule has 0 saturated carbocycles. The monoisotopic (exact) mass is 393 g/mol. The van der Waals surface area contributed by atoms with Gasteiger partial charge in [0.1, 0.15) is 35.4 Å². The van der Waals surface area contributed by atoms with Gasteiger partial charge in [-0.2, -0.15) is 5.26 Å². The molecule has 3 rings (SSSR count). The number of aromatic nitrogens is 3. The van der Waals surface area contributed by atoms with Gasteiger partial charge in [0.25, 0.3) is 5.91 Å². The number of benzene rings is 1. The Balaban J connectivity index is 2.06. The van der Waals surface area contributed by atoms with Crippen LogP contribution in [0.4, 0.5) is 16.0 Å². The first-order chi connectivity index (χ1) is 14.0.